The molecule has 6 heteroatoms. The molecular weight excluding hydrogens is 311 g/mol. The molecule has 3 rings (SSSR count). The van der Waals surface area contributed by atoms with Crippen LogP contribution in [0.5, 0.6) is 5.75 Å². The predicted molar refractivity (Wildman–Crippen MR) is 88.5 cm³/mol. The van der Waals surface area contributed by atoms with Crippen LogP contribution in [0, 0.1) is 5.82 Å². The average molecular weight is 328 g/mol. The first-order valence-electron chi connectivity index (χ1n) is 7.68. The maximum atomic E-state index is 13.5. The molecule has 0 aliphatic carbocycles. The fourth-order valence-corrected chi connectivity index (χ4v) is 2.46. The number of carbonyl (C=O) groups is 2. The van der Waals surface area contributed by atoms with Gasteiger partial charge in [-0.2, -0.15) is 0 Å². The zero-order valence-electron chi connectivity index (χ0n) is 13.1. The molecule has 1 atom stereocenters. The molecule has 1 heterocycles. The zero-order valence-corrected chi connectivity index (χ0v) is 13.1. The van der Waals surface area contributed by atoms with Crippen LogP contribution in [0.4, 0.5) is 15.8 Å². The van der Waals surface area contributed by atoms with Crippen molar-refractivity contribution in [3.8, 4) is 5.75 Å². The summed E-state index contributed by atoms with van der Waals surface area (Å²) < 4.78 is 19.0. The van der Waals surface area contributed by atoms with E-state index in [9.17, 15) is 14.0 Å². The Bertz CT molecular complexity index is 792. The largest absolute Gasteiger partial charge is 0.479 e. The van der Waals surface area contributed by atoms with Crippen LogP contribution >= 0.6 is 0 Å². The van der Waals surface area contributed by atoms with Crippen LogP contribution in [-0.4, -0.2) is 17.9 Å². The summed E-state index contributed by atoms with van der Waals surface area (Å²) in [5.74, 6) is -0.209. The van der Waals surface area contributed by atoms with Gasteiger partial charge < -0.3 is 15.4 Å². The third kappa shape index (κ3) is 3.53. The summed E-state index contributed by atoms with van der Waals surface area (Å²) in [5, 5.41) is 5.46. The Labute approximate surface area is 138 Å². The van der Waals surface area contributed by atoms with Crippen molar-refractivity contribution in [2.75, 3.05) is 10.6 Å². The van der Waals surface area contributed by atoms with E-state index < -0.39 is 6.10 Å². The Kier molecular flexibility index (Phi) is 4.46. The van der Waals surface area contributed by atoms with E-state index in [4.69, 9.17) is 4.74 Å². The summed E-state index contributed by atoms with van der Waals surface area (Å²) in [6.45, 7) is 1.66. The Morgan fingerprint density at radius 1 is 1.29 bits per heavy atom. The van der Waals surface area contributed by atoms with Crippen LogP contribution in [-0.2, 0) is 16.0 Å². The van der Waals surface area contributed by atoms with Gasteiger partial charge in [0.25, 0.3) is 5.91 Å². The molecule has 1 unspecified atom stereocenters. The summed E-state index contributed by atoms with van der Waals surface area (Å²) in [6.07, 6.45) is -0.0580. The number of rotatable bonds is 4. The molecule has 0 radical (unpaired) electrons. The smallest absolute Gasteiger partial charge is 0.265 e. The second kappa shape index (κ2) is 6.70. The first-order chi connectivity index (χ1) is 11.5. The second-order valence-corrected chi connectivity index (χ2v) is 5.60. The van der Waals surface area contributed by atoms with Crippen LogP contribution in [0.25, 0.3) is 0 Å². The number of hydrogen-bond acceptors (Lipinski definition) is 3. The van der Waals surface area contributed by atoms with Crippen molar-refractivity contribution in [3.63, 3.8) is 0 Å². The number of hydrogen-bond donors (Lipinski definition) is 2. The van der Waals surface area contributed by atoms with Gasteiger partial charge in [0.05, 0.1) is 5.69 Å². The molecule has 0 fully saturated rings. The first kappa shape index (κ1) is 16.0. The molecule has 5 nitrogen and oxygen atoms in total. The van der Waals surface area contributed by atoms with Crippen molar-refractivity contribution in [2.45, 2.75) is 25.9 Å². The topological polar surface area (TPSA) is 67.4 Å². The summed E-state index contributed by atoms with van der Waals surface area (Å²) >= 11 is 0. The summed E-state index contributed by atoms with van der Waals surface area (Å²) in [6, 6.07) is 11.4. The van der Waals surface area contributed by atoms with Gasteiger partial charge in [-0.3, -0.25) is 9.59 Å². The normalized spacial score (nSPS) is 15.9. The molecule has 2 aromatic carbocycles. The SMILES string of the molecule is CC1Oc2ccc(NC(=O)CCc3ccccc3F)cc2NC1=O. The lowest BCUT2D eigenvalue weighted by Gasteiger charge is -2.23. The minimum absolute atomic E-state index is 0.165. The first-order valence-corrected chi connectivity index (χ1v) is 7.68. The second-order valence-electron chi connectivity index (χ2n) is 5.60. The van der Waals surface area contributed by atoms with Gasteiger partial charge >= 0.3 is 0 Å². The van der Waals surface area contributed by atoms with E-state index in [2.05, 4.69) is 10.6 Å². The van der Waals surface area contributed by atoms with Crippen LogP contribution in [0.3, 0.4) is 0 Å². The molecule has 0 aromatic heterocycles. The number of anilines is 2. The van der Waals surface area contributed by atoms with E-state index in [1.807, 2.05) is 0 Å². The van der Waals surface area contributed by atoms with Gasteiger partial charge in [-0.05, 0) is 43.2 Å². The monoisotopic (exact) mass is 328 g/mol. The van der Waals surface area contributed by atoms with Crippen molar-refractivity contribution >= 4 is 23.2 Å². The van der Waals surface area contributed by atoms with Gasteiger partial charge in [-0.15, -0.1) is 0 Å². The van der Waals surface area contributed by atoms with Crippen LogP contribution in [0.15, 0.2) is 42.5 Å². The highest BCUT2D eigenvalue weighted by Gasteiger charge is 2.23. The molecule has 0 saturated carbocycles. The van der Waals surface area contributed by atoms with Crippen molar-refractivity contribution in [2.24, 2.45) is 0 Å². The van der Waals surface area contributed by atoms with E-state index in [1.54, 1.807) is 43.3 Å². The number of amides is 2. The number of fused-ring (bicyclic) bond motifs is 1. The Morgan fingerprint density at radius 3 is 2.88 bits per heavy atom. The van der Waals surface area contributed by atoms with Gasteiger partial charge in [-0.1, -0.05) is 18.2 Å². The quantitative estimate of drug-likeness (QED) is 0.906. The third-order valence-corrected chi connectivity index (χ3v) is 3.77. The zero-order chi connectivity index (χ0) is 17.1. The fraction of sp³-hybridized carbons (Fsp3) is 0.222. The fourth-order valence-electron chi connectivity index (χ4n) is 2.46. The van der Waals surface area contributed by atoms with Gasteiger partial charge in [0, 0.05) is 12.1 Å². The van der Waals surface area contributed by atoms with Gasteiger partial charge in [0.1, 0.15) is 11.6 Å². The molecule has 0 saturated heterocycles. The highest BCUT2D eigenvalue weighted by Crippen LogP contribution is 2.32. The summed E-state index contributed by atoms with van der Waals surface area (Å²) in [7, 11) is 0. The number of ether oxygens (including phenoxy) is 1. The summed E-state index contributed by atoms with van der Waals surface area (Å²) in [4.78, 5) is 23.7. The van der Waals surface area contributed by atoms with Crippen molar-refractivity contribution in [1.82, 2.24) is 0 Å². The minimum Gasteiger partial charge on any atom is -0.479 e. The van der Waals surface area contributed by atoms with Gasteiger partial charge in [-0.25, -0.2) is 4.39 Å². The molecule has 1 aliphatic heterocycles. The molecule has 0 spiro atoms. The van der Waals surface area contributed by atoms with Gasteiger partial charge in [0.15, 0.2) is 6.10 Å². The lowest BCUT2D eigenvalue weighted by atomic mass is 10.1. The number of nitrogens with one attached hydrogen (secondary N) is 2. The minimum atomic E-state index is -0.543. The van der Waals surface area contributed by atoms with Crippen LogP contribution in [0.2, 0.25) is 0 Å². The molecule has 2 N–H and O–H groups in total. The number of benzene rings is 2. The number of aryl methyl sites for hydroxylation is 1. The molecule has 1 aliphatic rings. The molecular formula is C18H17FN2O3. The van der Waals surface area contributed by atoms with Crippen LogP contribution < -0.4 is 15.4 Å². The van der Waals surface area contributed by atoms with Crippen molar-refractivity contribution in [3.05, 3.63) is 53.8 Å². The lowest BCUT2D eigenvalue weighted by Crippen LogP contribution is -2.34. The molecule has 2 amide bonds. The van der Waals surface area contributed by atoms with Crippen molar-refractivity contribution in [1.29, 1.82) is 0 Å². The molecule has 124 valence electrons. The number of halogens is 1. The Hall–Kier alpha value is -2.89. The van der Waals surface area contributed by atoms with E-state index in [0.29, 0.717) is 29.1 Å². The maximum Gasteiger partial charge on any atom is 0.265 e. The lowest BCUT2D eigenvalue weighted by molar-refractivity contribution is -0.122. The maximum absolute atomic E-state index is 13.5. The summed E-state index contributed by atoms with van der Waals surface area (Å²) in [5.41, 5.74) is 1.57. The van der Waals surface area contributed by atoms with E-state index in [0.717, 1.165) is 0 Å². The third-order valence-electron chi connectivity index (χ3n) is 3.77. The Balaban J connectivity index is 1.62. The van der Waals surface area contributed by atoms with Crippen molar-refractivity contribution < 1.29 is 18.7 Å². The van der Waals surface area contributed by atoms with E-state index in [1.165, 1.54) is 6.07 Å². The highest BCUT2D eigenvalue weighted by molar-refractivity contribution is 5.99. The van der Waals surface area contributed by atoms with Crippen LogP contribution in [0.1, 0.15) is 18.9 Å². The molecule has 24 heavy (non-hydrogen) atoms. The highest BCUT2D eigenvalue weighted by atomic mass is 19.1. The average Bonchev–Trinajstić information content (AvgIpc) is 2.55. The molecule has 0 bridgehead atoms. The van der Waals surface area contributed by atoms with Gasteiger partial charge in [0.2, 0.25) is 5.91 Å². The Morgan fingerprint density at radius 2 is 2.08 bits per heavy atom. The standard InChI is InChI=1S/C18H17FN2O3/c1-11-18(23)21-15-10-13(7-8-16(15)24-11)20-17(22)9-6-12-4-2-3-5-14(12)19/h2-5,7-8,10-11H,6,9H2,1H3,(H,20,22)(H,21,23). The molecule has 2 aromatic rings. The predicted octanol–water partition coefficient (Wildman–Crippen LogP) is 3.12. The number of carbonyl (C=O) groups excluding carboxylic acids is 2. The van der Waals surface area contributed by atoms with E-state index in [-0.39, 0.29) is 24.1 Å². The van der Waals surface area contributed by atoms with E-state index >= 15 is 0 Å².